The third-order valence-electron chi connectivity index (χ3n) is 2.13. The molecule has 0 saturated carbocycles. The number of hydrogen-bond donors (Lipinski definition) is 0. The number of esters is 1. The number of carbonyl (C=O) groups is 1. The van der Waals surface area contributed by atoms with Crippen molar-refractivity contribution in [2.45, 2.75) is 13.5 Å². The van der Waals surface area contributed by atoms with E-state index in [0.29, 0.717) is 23.4 Å². The highest BCUT2D eigenvalue weighted by Gasteiger charge is 2.14. The predicted molar refractivity (Wildman–Crippen MR) is 71.6 cm³/mol. The summed E-state index contributed by atoms with van der Waals surface area (Å²) in [6.45, 7) is 2.38. The standard InChI is InChI=1S/C12H11ClN2O3S/c1-2-17-11(16)10-14-15-12(19-10)18-7-8-3-5-9(13)6-4-8/h3-6H,2,7H2,1H3. The molecule has 0 radical (unpaired) electrons. The summed E-state index contributed by atoms with van der Waals surface area (Å²) in [7, 11) is 0. The molecule has 19 heavy (non-hydrogen) atoms. The Bertz CT molecular complexity index is 556. The second kappa shape index (κ2) is 6.49. The molecule has 0 fully saturated rings. The number of carbonyl (C=O) groups excluding carboxylic acids is 1. The van der Waals surface area contributed by atoms with Crippen molar-refractivity contribution in [2.75, 3.05) is 6.61 Å². The van der Waals surface area contributed by atoms with Crippen LogP contribution in [-0.2, 0) is 11.3 Å². The minimum Gasteiger partial charge on any atom is -0.464 e. The van der Waals surface area contributed by atoms with Crippen LogP contribution in [0.25, 0.3) is 0 Å². The summed E-state index contributed by atoms with van der Waals surface area (Å²) in [5, 5.41) is 8.67. The summed E-state index contributed by atoms with van der Waals surface area (Å²) in [6.07, 6.45) is 0. The van der Waals surface area contributed by atoms with Crippen molar-refractivity contribution in [3.05, 3.63) is 39.9 Å². The molecule has 0 aliphatic heterocycles. The van der Waals surface area contributed by atoms with Crippen molar-refractivity contribution in [1.82, 2.24) is 10.2 Å². The molecule has 0 spiro atoms. The first kappa shape index (κ1) is 13.8. The average molecular weight is 299 g/mol. The largest absolute Gasteiger partial charge is 0.464 e. The van der Waals surface area contributed by atoms with Gasteiger partial charge < -0.3 is 9.47 Å². The van der Waals surface area contributed by atoms with Gasteiger partial charge in [0.1, 0.15) is 6.61 Å². The molecule has 5 nitrogen and oxygen atoms in total. The third-order valence-corrected chi connectivity index (χ3v) is 3.20. The second-order valence-corrected chi connectivity index (χ2v) is 4.89. The highest BCUT2D eigenvalue weighted by molar-refractivity contribution is 7.14. The maximum atomic E-state index is 11.4. The Kier molecular flexibility index (Phi) is 4.70. The fraction of sp³-hybridized carbons (Fsp3) is 0.250. The summed E-state index contributed by atoms with van der Waals surface area (Å²) >= 11 is 6.84. The highest BCUT2D eigenvalue weighted by atomic mass is 35.5. The van der Waals surface area contributed by atoms with Crippen molar-refractivity contribution in [3.8, 4) is 5.19 Å². The Morgan fingerprint density at radius 1 is 1.32 bits per heavy atom. The topological polar surface area (TPSA) is 61.3 Å². The number of rotatable bonds is 5. The smallest absolute Gasteiger partial charge is 0.369 e. The van der Waals surface area contributed by atoms with Gasteiger partial charge in [-0.15, -0.1) is 5.10 Å². The van der Waals surface area contributed by atoms with Crippen LogP contribution in [0.4, 0.5) is 0 Å². The molecular formula is C12H11ClN2O3S. The first-order chi connectivity index (χ1) is 9.19. The van der Waals surface area contributed by atoms with Crippen molar-refractivity contribution in [1.29, 1.82) is 0 Å². The van der Waals surface area contributed by atoms with E-state index in [1.54, 1.807) is 19.1 Å². The molecule has 1 heterocycles. The van der Waals surface area contributed by atoms with E-state index < -0.39 is 5.97 Å². The lowest BCUT2D eigenvalue weighted by Gasteiger charge is -2.01. The number of aromatic nitrogens is 2. The molecule has 0 bridgehead atoms. The zero-order valence-corrected chi connectivity index (χ0v) is 11.7. The van der Waals surface area contributed by atoms with E-state index in [9.17, 15) is 4.79 Å². The van der Waals surface area contributed by atoms with E-state index in [1.165, 1.54) is 0 Å². The molecule has 100 valence electrons. The van der Waals surface area contributed by atoms with Crippen LogP contribution in [0.3, 0.4) is 0 Å². The number of benzene rings is 1. The Hall–Kier alpha value is -1.66. The van der Waals surface area contributed by atoms with E-state index in [1.807, 2.05) is 12.1 Å². The molecule has 7 heteroatoms. The van der Waals surface area contributed by atoms with Gasteiger partial charge in [-0.25, -0.2) is 4.79 Å². The Balaban J connectivity index is 1.93. The molecule has 0 saturated heterocycles. The molecular weight excluding hydrogens is 288 g/mol. The zero-order valence-electron chi connectivity index (χ0n) is 10.1. The van der Waals surface area contributed by atoms with Crippen molar-refractivity contribution >= 4 is 28.9 Å². The third kappa shape index (κ3) is 3.90. The van der Waals surface area contributed by atoms with Crippen LogP contribution in [-0.4, -0.2) is 22.8 Å². The summed E-state index contributed by atoms with van der Waals surface area (Å²) in [5.74, 6) is -0.485. The van der Waals surface area contributed by atoms with Crippen LogP contribution < -0.4 is 4.74 Å². The highest BCUT2D eigenvalue weighted by Crippen LogP contribution is 2.20. The van der Waals surface area contributed by atoms with Crippen molar-refractivity contribution < 1.29 is 14.3 Å². The van der Waals surface area contributed by atoms with Crippen LogP contribution in [0, 0.1) is 0 Å². The van der Waals surface area contributed by atoms with Gasteiger partial charge in [0, 0.05) is 5.02 Å². The molecule has 1 aromatic heterocycles. The SMILES string of the molecule is CCOC(=O)c1nnc(OCc2ccc(Cl)cc2)s1. The zero-order chi connectivity index (χ0) is 13.7. The molecule has 0 unspecified atom stereocenters. The molecule has 0 atom stereocenters. The Labute approximate surface area is 119 Å². The summed E-state index contributed by atoms with van der Waals surface area (Å²) in [4.78, 5) is 11.4. The molecule has 0 aliphatic rings. The van der Waals surface area contributed by atoms with Crippen LogP contribution in [0.15, 0.2) is 24.3 Å². The fourth-order valence-corrected chi connectivity index (χ4v) is 1.98. The molecule has 0 N–H and O–H groups in total. The summed E-state index contributed by atoms with van der Waals surface area (Å²) in [5.41, 5.74) is 0.956. The van der Waals surface area contributed by atoms with E-state index in [0.717, 1.165) is 16.9 Å². The molecule has 0 amide bonds. The second-order valence-electron chi connectivity index (χ2n) is 3.51. The van der Waals surface area contributed by atoms with Gasteiger partial charge in [0.15, 0.2) is 0 Å². The lowest BCUT2D eigenvalue weighted by Crippen LogP contribution is -2.03. The van der Waals surface area contributed by atoms with Gasteiger partial charge in [-0.1, -0.05) is 28.8 Å². The maximum Gasteiger partial charge on any atom is 0.369 e. The quantitative estimate of drug-likeness (QED) is 0.794. The van der Waals surface area contributed by atoms with Crippen LogP contribution in [0.1, 0.15) is 22.3 Å². The lowest BCUT2D eigenvalue weighted by molar-refractivity contribution is 0.0525. The Morgan fingerprint density at radius 2 is 2.05 bits per heavy atom. The molecule has 2 rings (SSSR count). The van der Waals surface area contributed by atoms with Crippen LogP contribution >= 0.6 is 22.9 Å². The van der Waals surface area contributed by atoms with Crippen molar-refractivity contribution in [2.24, 2.45) is 0 Å². The van der Waals surface area contributed by atoms with Crippen LogP contribution in [0.2, 0.25) is 5.02 Å². The molecule has 1 aromatic carbocycles. The number of hydrogen-bond acceptors (Lipinski definition) is 6. The van der Waals surface area contributed by atoms with Gasteiger partial charge in [0.05, 0.1) is 6.61 Å². The minimum atomic E-state index is -0.485. The number of halogens is 1. The van der Waals surface area contributed by atoms with Crippen LogP contribution in [0.5, 0.6) is 5.19 Å². The maximum absolute atomic E-state index is 11.4. The first-order valence-electron chi connectivity index (χ1n) is 5.57. The van der Waals surface area contributed by atoms with E-state index in [4.69, 9.17) is 21.1 Å². The van der Waals surface area contributed by atoms with Gasteiger partial charge >= 0.3 is 5.97 Å². The fourth-order valence-electron chi connectivity index (χ4n) is 1.27. The summed E-state index contributed by atoms with van der Waals surface area (Å²) in [6, 6.07) is 7.28. The van der Waals surface area contributed by atoms with E-state index in [-0.39, 0.29) is 5.01 Å². The summed E-state index contributed by atoms with van der Waals surface area (Å²) < 4.78 is 10.3. The normalized spacial score (nSPS) is 10.2. The minimum absolute atomic E-state index is 0.188. The van der Waals surface area contributed by atoms with Crippen molar-refractivity contribution in [3.63, 3.8) is 0 Å². The number of nitrogens with zero attached hydrogens (tertiary/aromatic N) is 2. The van der Waals surface area contributed by atoms with E-state index >= 15 is 0 Å². The number of ether oxygens (including phenoxy) is 2. The first-order valence-corrected chi connectivity index (χ1v) is 6.76. The van der Waals surface area contributed by atoms with Gasteiger partial charge in [-0.3, -0.25) is 0 Å². The van der Waals surface area contributed by atoms with Gasteiger partial charge in [-0.2, -0.15) is 0 Å². The lowest BCUT2D eigenvalue weighted by atomic mass is 10.2. The van der Waals surface area contributed by atoms with Gasteiger partial charge in [0.2, 0.25) is 5.01 Å². The van der Waals surface area contributed by atoms with Gasteiger partial charge in [-0.05, 0) is 36.0 Å². The average Bonchev–Trinajstić information content (AvgIpc) is 2.87. The van der Waals surface area contributed by atoms with E-state index in [2.05, 4.69) is 10.2 Å². The molecule has 2 aromatic rings. The van der Waals surface area contributed by atoms with Gasteiger partial charge in [0.25, 0.3) is 5.19 Å². The monoisotopic (exact) mass is 298 g/mol. The molecule has 0 aliphatic carbocycles. The Morgan fingerprint density at radius 3 is 2.74 bits per heavy atom. The predicted octanol–water partition coefficient (Wildman–Crippen LogP) is 2.95.